The predicted octanol–water partition coefficient (Wildman–Crippen LogP) is 1.58. The highest BCUT2D eigenvalue weighted by molar-refractivity contribution is 6.31. The van der Waals surface area contributed by atoms with Gasteiger partial charge in [0.1, 0.15) is 23.9 Å². The molecule has 0 unspecified atom stereocenters. The lowest BCUT2D eigenvalue weighted by Crippen LogP contribution is -2.47. The molecule has 1 aliphatic rings. The Labute approximate surface area is 117 Å². The number of rotatable bonds is 2. The fourth-order valence-corrected chi connectivity index (χ4v) is 2.63. The minimum Gasteiger partial charge on any atom is -0.387 e. The Hall–Kier alpha value is -0.650. The highest BCUT2D eigenvalue weighted by atomic mass is 35.5. The molecule has 0 spiro atoms. The van der Waals surface area contributed by atoms with E-state index in [1.807, 2.05) is 6.92 Å². The van der Waals surface area contributed by atoms with Crippen LogP contribution >= 0.6 is 11.6 Å². The van der Waals surface area contributed by atoms with Gasteiger partial charge in [-0.05, 0) is 38.0 Å². The molecule has 0 radical (unpaired) electrons. The van der Waals surface area contributed by atoms with Crippen LogP contribution in [0.4, 0.5) is 0 Å². The molecule has 1 heterocycles. The summed E-state index contributed by atoms with van der Waals surface area (Å²) in [5, 5.41) is 31.2. The summed E-state index contributed by atoms with van der Waals surface area (Å²) >= 11 is 5.95. The average Bonchev–Trinajstić information content (AvgIpc) is 2.55. The van der Waals surface area contributed by atoms with Crippen LogP contribution in [0.5, 0.6) is 0 Å². The van der Waals surface area contributed by atoms with E-state index < -0.39 is 30.0 Å². The maximum atomic E-state index is 10.4. The van der Waals surface area contributed by atoms with E-state index in [1.54, 1.807) is 25.1 Å². The fourth-order valence-electron chi connectivity index (χ4n) is 2.51. The Morgan fingerprint density at radius 2 is 2.05 bits per heavy atom. The van der Waals surface area contributed by atoms with Crippen molar-refractivity contribution < 1.29 is 20.1 Å². The molecule has 19 heavy (non-hydrogen) atoms. The zero-order chi connectivity index (χ0) is 14.4. The third kappa shape index (κ3) is 2.51. The van der Waals surface area contributed by atoms with E-state index in [1.165, 1.54) is 6.92 Å². The number of benzene rings is 1. The lowest BCUT2D eigenvalue weighted by Gasteiger charge is -2.30. The first-order valence-electron chi connectivity index (χ1n) is 6.25. The SMILES string of the molecule is Cc1cc([C@@H](O)[C@H]2O[C@@H](C)[C@H](O)[C@]2(C)O)ccc1Cl. The molecule has 5 heteroatoms. The van der Waals surface area contributed by atoms with Crippen molar-refractivity contribution in [1.29, 1.82) is 0 Å². The van der Waals surface area contributed by atoms with Crippen LogP contribution in [0.1, 0.15) is 31.1 Å². The van der Waals surface area contributed by atoms with E-state index >= 15 is 0 Å². The summed E-state index contributed by atoms with van der Waals surface area (Å²) in [4.78, 5) is 0. The smallest absolute Gasteiger partial charge is 0.119 e. The van der Waals surface area contributed by atoms with Crippen LogP contribution in [0.15, 0.2) is 18.2 Å². The lowest BCUT2D eigenvalue weighted by atomic mass is 9.87. The molecule has 4 nitrogen and oxygen atoms in total. The lowest BCUT2D eigenvalue weighted by molar-refractivity contribution is -0.110. The molecule has 106 valence electrons. The third-order valence-electron chi connectivity index (χ3n) is 3.79. The van der Waals surface area contributed by atoms with Crippen LogP contribution in [-0.2, 0) is 4.74 Å². The van der Waals surface area contributed by atoms with Gasteiger partial charge in [-0.1, -0.05) is 23.7 Å². The van der Waals surface area contributed by atoms with Gasteiger partial charge in [0.2, 0.25) is 0 Å². The Morgan fingerprint density at radius 1 is 1.42 bits per heavy atom. The number of hydrogen-bond donors (Lipinski definition) is 3. The van der Waals surface area contributed by atoms with Gasteiger partial charge in [0, 0.05) is 5.02 Å². The number of halogens is 1. The molecule has 1 saturated heterocycles. The normalized spacial score (nSPS) is 36.5. The molecule has 0 saturated carbocycles. The minimum atomic E-state index is -1.49. The van der Waals surface area contributed by atoms with Crippen molar-refractivity contribution in [2.75, 3.05) is 0 Å². The van der Waals surface area contributed by atoms with Crippen LogP contribution in [0.25, 0.3) is 0 Å². The van der Waals surface area contributed by atoms with Gasteiger partial charge < -0.3 is 20.1 Å². The maximum Gasteiger partial charge on any atom is 0.119 e. The van der Waals surface area contributed by atoms with Gasteiger partial charge in [-0.3, -0.25) is 0 Å². The van der Waals surface area contributed by atoms with Gasteiger partial charge >= 0.3 is 0 Å². The first-order valence-corrected chi connectivity index (χ1v) is 6.63. The van der Waals surface area contributed by atoms with Gasteiger partial charge in [-0.15, -0.1) is 0 Å². The van der Waals surface area contributed by atoms with Crippen molar-refractivity contribution in [2.24, 2.45) is 0 Å². The van der Waals surface area contributed by atoms with E-state index in [2.05, 4.69) is 0 Å². The zero-order valence-electron chi connectivity index (χ0n) is 11.2. The Morgan fingerprint density at radius 3 is 2.53 bits per heavy atom. The fraction of sp³-hybridized carbons (Fsp3) is 0.571. The van der Waals surface area contributed by atoms with E-state index in [9.17, 15) is 15.3 Å². The number of aliphatic hydroxyl groups excluding tert-OH is 2. The number of aliphatic hydroxyl groups is 3. The molecule has 1 aliphatic heterocycles. The number of aryl methyl sites for hydroxylation is 1. The van der Waals surface area contributed by atoms with Crippen LogP contribution < -0.4 is 0 Å². The summed E-state index contributed by atoms with van der Waals surface area (Å²) in [7, 11) is 0. The van der Waals surface area contributed by atoms with E-state index in [4.69, 9.17) is 16.3 Å². The second kappa shape index (κ2) is 5.04. The summed E-state index contributed by atoms with van der Waals surface area (Å²) in [6, 6.07) is 5.13. The van der Waals surface area contributed by atoms with Crippen molar-refractivity contribution in [1.82, 2.24) is 0 Å². The molecule has 2 rings (SSSR count). The van der Waals surface area contributed by atoms with Gasteiger partial charge in [0.05, 0.1) is 6.10 Å². The largest absolute Gasteiger partial charge is 0.387 e. The third-order valence-corrected chi connectivity index (χ3v) is 4.22. The second-order valence-corrected chi connectivity index (χ2v) is 5.79. The molecule has 1 fully saturated rings. The van der Waals surface area contributed by atoms with Crippen LogP contribution in [-0.4, -0.2) is 39.2 Å². The summed E-state index contributed by atoms with van der Waals surface area (Å²) in [5.41, 5.74) is -0.0512. The molecule has 0 bridgehead atoms. The molecule has 3 N–H and O–H groups in total. The van der Waals surface area contributed by atoms with Crippen molar-refractivity contribution in [2.45, 2.75) is 50.8 Å². The first-order chi connectivity index (χ1) is 8.75. The summed E-state index contributed by atoms with van der Waals surface area (Å²) in [5.74, 6) is 0. The molecule has 5 atom stereocenters. The molecule has 1 aromatic rings. The maximum absolute atomic E-state index is 10.4. The van der Waals surface area contributed by atoms with Gasteiger partial charge in [0.15, 0.2) is 0 Å². The summed E-state index contributed by atoms with van der Waals surface area (Å²) in [6.45, 7) is 4.97. The Balaban J connectivity index is 2.29. The van der Waals surface area contributed by atoms with E-state index in [0.717, 1.165) is 5.56 Å². The topological polar surface area (TPSA) is 69.9 Å². The van der Waals surface area contributed by atoms with Crippen molar-refractivity contribution >= 4 is 11.6 Å². The molecular formula is C14H19ClO4. The quantitative estimate of drug-likeness (QED) is 0.772. The summed E-state index contributed by atoms with van der Waals surface area (Å²) in [6.07, 6.45) is -3.45. The molecule has 0 aliphatic carbocycles. The second-order valence-electron chi connectivity index (χ2n) is 5.39. The number of ether oxygens (including phenoxy) is 1. The van der Waals surface area contributed by atoms with Crippen molar-refractivity contribution in [3.05, 3.63) is 34.3 Å². The van der Waals surface area contributed by atoms with Crippen molar-refractivity contribution in [3.63, 3.8) is 0 Å². The monoisotopic (exact) mass is 286 g/mol. The van der Waals surface area contributed by atoms with Crippen LogP contribution in [0, 0.1) is 6.92 Å². The highest BCUT2D eigenvalue weighted by Crippen LogP contribution is 2.38. The molecule has 1 aromatic carbocycles. The van der Waals surface area contributed by atoms with E-state index in [-0.39, 0.29) is 0 Å². The van der Waals surface area contributed by atoms with Gasteiger partial charge in [-0.2, -0.15) is 0 Å². The van der Waals surface area contributed by atoms with E-state index in [0.29, 0.717) is 10.6 Å². The summed E-state index contributed by atoms with van der Waals surface area (Å²) < 4.78 is 5.49. The predicted molar refractivity (Wildman–Crippen MR) is 72.1 cm³/mol. The Bertz CT molecular complexity index is 475. The standard InChI is InChI=1S/C14H19ClO4/c1-7-6-9(4-5-10(7)15)11(16)13-14(3,18)12(17)8(2)19-13/h4-6,8,11-13,16-18H,1-3H3/t8-,11+,12-,13+,14-/m0/s1. The van der Waals surface area contributed by atoms with Gasteiger partial charge in [-0.25, -0.2) is 0 Å². The first kappa shape index (κ1) is 14.8. The molecular weight excluding hydrogens is 268 g/mol. The highest BCUT2D eigenvalue weighted by Gasteiger charge is 2.53. The molecule has 0 amide bonds. The van der Waals surface area contributed by atoms with Crippen LogP contribution in [0.3, 0.4) is 0 Å². The zero-order valence-corrected chi connectivity index (χ0v) is 11.9. The molecule has 0 aromatic heterocycles. The van der Waals surface area contributed by atoms with Gasteiger partial charge in [0.25, 0.3) is 0 Å². The number of hydrogen-bond acceptors (Lipinski definition) is 4. The van der Waals surface area contributed by atoms with Crippen LogP contribution in [0.2, 0.25) is 5.02 Å². The minimum absolute atomic E-state index is 0.525. The average molecular weight is 287 g/mol. The van der Waals surface area contributed by atoms with Crippen molar-refractivity contribution in [3.8, 4) is 0 Å². The Kier molecular flexibility index (Phi) is 3.91.